The molecule has 1 amide bonds. The second-order valence-corrected chi connectivity index (χ2v) is 4.92. The molecule has 0 saturated heterocycles. The smallest absolute Gasteiger partial charge is 0.272 e. The van der Waals surface area contributed by atoms with Crippen LogP contribution >= 0.6 is 0 Å². The monoisotopic (exact) mass is 294 g/mol. The first-order valence-corrected chi connectivity index (χ1v) is 6.85. The molecule has 0 unspecified atom stereocenters. The molecule has 1 atom stereocenters. The van der Waals surface area contributed by atoms with Gasteiger partial charge in [0.25, 0.3) is 11.5 Å². The maximum absolute atomic E-state index is 12.4. The first-order chi connectivity index (χ1) is 10.7. The number of carbonyl (C=O) groups excluding carboxylic acids is 1. The first kappa shape index (κ1) is 13.9. The van der Waals surface area contributed by atoms with E-state index in [0.29, 0.717) is 10.8 Å². The van der Waals surface area contributed by atoms with Gasteiger partial charge in [-0.15, -0.1) is 0 Å². The maximum atomic E-state index is 12.4. The van der Waals surface area contributed by atoms with Crippen molar-refractivity contribution in [2.24, 2.45) is 0 Å². The molecule has 2 N–H and O–H groups in total. The largest absolute Gasteiger partial charge is 0.344 e. The summed E-state index contributed by atoms with van der Waals surface area (Å²) in [5.74, 6) is -0.336. The van der Waals surface area contributed by atoms with E-state index in [1.807, 2.05) is 19.1 Å². The van der Waals surface area contributed by atoms with Crippen LogP contribution in [0.3, 0.4) is 0 Å². The zero-order valence-electron chi connectivity index (χ0n) is 11.9. The van der Waals surface area contributed by atoms with Crippen LogP contribution in [0.4, 0.5) is 0 Å². The number of pyridine rings is 1. The molecule has 0 aliphatic heterocycles. The van der Waals surface area contributed by atoms with Crippen LogP contribution in [-0.4, -0.2) is 21.1 Å². The summed E-state index contributed by atoms with van der Waals surface area (Å²) < 4.78 is 0. The van der Waals surface area contributed by atoms with Crippen LogP contribution in [0.1, 0.15) is 29.0 Å². The standard InChI is InChI=1S/C16H14N4O2/c1-10(11-6-8-17-9-7-11)18-16(22)14-12-4-2-3-5-13(12)15(21)20-19-14/h2-10H,1H3,(H,18,22)(H,20,21)/t10-/m1/s1. The molecule has 0 bridgehead atoms. The minimum absolute atomic E-state index is 0.192. The van der Waals surface area contributed by atoms with Crippen LogP contribution < -0.4 is 10.9 Å². The molecular formula is C16H14N4O2. The van der Waals surface area contributed by atoms with Crippen molar-refractivity contribution in [2.75, 3.05) is 0 Å². The topological polar surface area (TPSA) is 87.7 Å². The van der Waals surface area contributed by atoms with E-state index in [0.717, 1.165) is 5.56 Å². The fourth-order valence-corrected chi connectivity index (χ4v) is 2.29. The molecular weight excluding hydrogens is 280 g/mol. The van der Waals surface area contributed by atoms with Crippen LogP contribution in [0.25, 0.3) is 10.8 Å². The Morgan fingerprint density at radius 3 is 2.55 bits per heavy atom. The predicted octanol–water partition coefficient (Wildman–Crippen LogP) is 1.81. The Kier molecular flexibility index (Phi) is 3.65. The molecule has 0 saturated carbocycles. The van der Waals surface area contributed by atoms with Crippen LogP contribution in [0, 0.1) is 0 Å². The second-order valence-electron chi connectivity index (χ2n) is 4.92. The third-order valence-corrected chi connectivity index (χ3v) is 3.46. The lowest BCUT2D eigenvalue weighted by atomic mass is 10.1. The highest BCUT2D eigenvalue weighted by molar-refractivity contribution is 6.04. The fraction of sp³-hybridized carbons (Fsp3) is 0.125. The number of aromatic amines is 1. The highest BCUT2D eigenvalue weighted by Gasteiger charge is 2.16. The minimum atomic E-state index is -0.336. The molecule has 1 aromatic carbocycles. The molecule has 6 heteroatoms. The Labute approximate surface area is 126 Å². The number of nitrogens with zero attached hydrogens (tertiary/aromatic N) is 2. The van der Waals surface area contributed by atoms with Crippen molar-refractivity contribution >= 4 is 16.7 Å². The van der Waals surface area contributed by atoms with Crippen molar-refractivity contribution < 1.29 is 4.79 Å². The summed E-state index contributed by atoms with van der Waals surface area (Å²) in [6, 6.07) is 10.4. The molecule has 3 rings (SSSR count). The van der Waals surface area contributed by atoms with Gasteiger partial charge in [0.2, 0.25) is 0 Å². The van der Waals surface area contributed by atoms with Crippen LogP contribution in [0.5, 0.6) is 0 Å². The normalized spacial score (nSPS) is 12.0. The molecule has 2 aromatic heterocycles. The highest BCUT2D eigenvalue weighted by atomic mass is 16.2. The predicted molar refractivity (Wildman–Crippen MR) is 82.5 cm³/mol. The summed E-state index contributed by atoms with van der Waals surface area (Å²) in [6.07, 6.45) is 3.34. The fourth-order valence-electron chi connectivity index (χ4n) is 2.29. The highest BCUT2D eigenvalue weighted by Crippen LogP contribution is 2.15. The number of nitrogens with one attached hydrogen (secondary N) is 2. The van der Waals surface area contributed by atoms with E-state index in [4.69, 9.17) is 0 Å². The lowest BCUT2D eigenvalue weighted by Gasteiger charge is -2.14. The van der Waals surface area contributed by atoms with Crippen LogP contribution in [0.15, 0.2) is 53.6 Å². The summed E-state index contributed by atoms with van der Waals surface area (Å²) in [5, 5.41) is 10.1. The van der Waals surface area contributed by atoms with Gasteiger partial charge in [-0.05, 0) is 30.7 Å². The Balaban J connectivity index is 1.93. The molecule has 22 heavy (non-hydrogen) atoms. The molecule has 0 aliphatic rings. The Morgan fingerprint density at radius 1 is 1.14 bits per heavy atom. The average molecular weight is 294 g/mol. The second kappa shape index (κ2) is 5.77. The number of hydrogen-bond donors (Lipinski definition) is 2. The maximum Gasteiger partial charge on any atom is 0.272 e. The third-order valence-electron chi connectivity index (χ3n) is 3.46. The summed E-state index contributed by atoms with van der Waals surface area (Å²) in [4.78, 5) is 28.1. The summed E-state index contributed by atoms with van der Waals surface area (Å²) >= 11 is 0. The number of fused-ring (bicyclic) bond motifs is 1. The van der Waals surface area contributed by atoms with Gasteiger partial charge in [0.15, 0.2) is 5.69 Å². The molecule has 0 fully saturated rings. The van der Waals surface area contributed by atoms with E-state index >= 15 is 0 Å². The van der Waals surface area contributed by atoms with Gasteiger partial charge in [-0.1, -0.05) is 18.2 Å². The number of carbonyl (C=O) groups is 1. The molecule has 2 heterocycles. The zero-order valence-corrected chi connectivity index (χ0v) is 11.9. The zero-order chi connectivity index (χ0) is 15.5. The van der Waals surface area contributed by atoms with Gasteiger partial charge >= 0.3 is 0 Å². The number of benzene rings is 1. The first-order valence-electron chi connectivity index (χ1n) is 6.85. The van der Waals surface area contributed by atoms with Crippen molar-refractivity contribution in [3.63, 3.8) is 0 Å². The van der Waals surface area contributed by atoms with Gasteiger partial charge in [0, 0.05) is 17.8 Å². The van der Waals surface area contributed by atoms with Gasteiger partial charge in [-0.2, -0.15) is 5.10 Å². The van der Waals surface area contributed by atoms with Crippen molar-refractivity contribution in [1.29, 1.82) is 0 Å². The quantitative estimate of drug-likeness (QED) is 0.771. The molecule has 110 valence electrons. The lowest BCUT2D eigenvalue weighted by Crippen LogP contribution is -2.29. The molecule has 0 spiro atoms. The number of H-pyrrole nitrogens is 1. The van der Waals surface area contributed by atoms with Crippen molar-refractivity contribution in [2.45, 2.75) is 13.0 Å². The number of rotatable bonds is 3. The van der Waals surface area contributed by atoms with E-state index in [2.05, 4.69) is 20.5 Å². The van der Waals surface area contributed by atoms with Gasteiger partial charge in [0.05, 0.1) is 11.4 Å². The van der Waals surface area contributed by atoms with E-state index in [1.165, 1.54) is 0 Å². The number of amides is 1. The summed E-state index contributed by atoms with van der Waals surface area (Å²) in [5.41, 5.74) is 0.836. The Bertz CT molecular complexity index is 874. The molecule has 0 radical (unpaired) electrons. The van der Waals surface area contributed by atoms with Gasteiger partial charge < -0.3 is 5.32 Å². The van der Waals surface area contributed by atoms with Crippen molar-refractivity contribution in [1.82, 2.24) is 20.5 Å². The SMILES string of the molecule is C[C@@H](NC(=O)c1n[nH]c(=O)c2ccccc12)c1ccncc1. The summed E-state index contributed by atoms with van der Waals surface area (Å²) in [7, 11) is 0. The number of hydrogen-bond acceptors (Lipinski definition) is 4. The van der Waals surface area contributed by atoms with Crippen LogP contribution in [-0.2, 0) is 0 Å². The minimum Gasteiger partial charge on any atom is -0.344 e. The van der Waals surface area contributed by atoms with Crippen molar-refractivity contribution in [3.8, 4) is 0 Å². The van der Waals surface area contributed by atoms with Gasteiger partial charge in [-0.25, -0.2) is 5.10 Å². The van der Waals surface area contributed by atoms with Crippen LogP contribution in [0.2, 0.25) is 0 Å². The van der Waals surface area contributed by atoms with E-state index < -0.39 is 0 Å². The van der Waals surface area contributed by atoms with E-state index in [1.54, 1.807) is 36.7 Å². The Morgan fingerprint density at radius 2 is 1.82 bits per heavy atom. The summed E-state index contributed by atoms with van der Waals surface area (Å²) in [6.45, 7) is 1.88. The van der Waals surface area contributed by atoms with E-state index in [-0.39, 0.29) is 23.2 Å². The Hall–Kier alpha value is -3.02. The molecule has 3 aromatic rings. The van der Waals surface area contributed by atoms with E-state index in [9.17, 15) is 9.59 Å². The molecule has 0 aliphatic carbocycles. The molecule has 6 nitrogen and oxygen atoms in total. The van der Waals surface area contributed by atoms with Gasteiger partial charge in [0.1, 0.15) is 0 Å². The third kappa shape index (κ3) is 2.58. The number of aromatic nitrogens is 3. The van der Waals surface area contributed by atoms with Crippen molar-refractivity contribution in [3.05, 3.63) is 70.4 Å². The van der Waals surface area contributed by atoms with Gasteiger partial charge in [-0.3, -0.25) is 14.6 Å². The average Bonchev–Trinajstić information content (AvgIpc) is 2.56. The lowest BCUT2D eigenvalue weighted by molar-refractivity contribution is 0.0935.